The summed E-state index contributed by atoms with van der Waals surface area (Å²) in [5.41, 5.74) is 1.66. The van der Waals surface area contributed by atoms with Crippen LogP contribution in [0, 0.1) is 5.82 Å². The Morgan fingerprint density at radius 2 is 1.48 bits per heavy atom. The first kappa shape index (κ1) is 17.4. The summed E-state index contributed by atoms with van der Waals surface area (Å²) in [7, 11) is 0. The molecule has 27 heavy (non-hydrogen) atoms. The maximum absolute atomic E-state index is 14.6. The van der Waals surface area contributed by atoms with Crippen LogP contribution in [0.2, 0.25) is 0 Å². The van der Waals surface area contributed by atoms with Crippen LogP contribution >= 0.6 is 15.9 Å². The second-order valence-corrected chi connectivity index (χ2v) is 6.86. The minimum absolute atomic E-state index is 0.0270. The molecule has 6 heteroatoms. The fraction of sp³-hybridized carbons (Fsp3) is 0.0476. The van der Waals surface area contributed by atoms with Crippen molar-refractivity contribution in [3.8, 4) is 5.75 Å². The van der Waals surface area contributed by atoms with Crippen LogP contribution in [-0.2, 0) is 6.61 Å². The molecule has 0 bridgehead atoms. The molecule has 0 atom stereocenters. The van der Waals surface area contributed by atoms with Gasteiger partial charge < -0.3 is 4.74 Å². The van der Waals surface area contributed by atoms with Gasteiger partial charge in [-0.25, -0.2) is 9.29 Å². The lowest BCUT2D eigenvalue weighted by Gasteiger charge is -2.17. The van der Waals surface area contributed by atoms with Crippen LogP contribution in [0.4, 0.5) is 10.1 Å². The van der Waals surface area contributed by atoms with Crippen LogP contribution in [-0.4, -0.2) is 11.8 Å². The van der Waals surface area contributed by atoms with Crippen LogP contribution in [0.3, 0.4) is 0 Å². The Labute approximate surface area is 163 Å². The first-order valence-corrected chi connectivity index (χ1v) is 8.99. The van der Waals surface area contributed by atoms with Crippen molar-refractivity contribution in [3.05, 3.63) is 93.7 Å². The number of imide groups is 1. The minimum Gasteiger partial charge on any atom is -0.485 e. The van der Waals surface area contributed by atoms with Gasteiger partial charge in [-0.2, -0.15) is 0 Å². The van der Waals surface area contributed by atoms with Crippen LogP contribution in [0.5, 0.6) is 5.75 Å². The zero-order valence-corrected chi connectivity index (χ0v) is 15.6. The number of nitrogens with zero attached hydrogens (tertiary/aromatic N) is 1. The van der Waals surface area contributed by atoms with Crippen molar-refractivity contribution >= 4 is 33.4 Å². The zero-order valence-electron chi connectivity index (χ0n) is 14.0. The average Bonchev–Trinajstić information content (AvgIpc) is 2.93. The zero-order chi connectivity index (χ0) is 19.0. The van der Waals surface area contributed by atoms with Gasteiger partial charge in [0.15, 0.2) is 11.6 Å². The van der Waals surface area contributed by atoms with Crippen molar-refractivity contribution in [2.24, 2.45) is 0 Å². The minimum atomic E-state index is -0.660. The highest BCUT2D eigenvalue weighted by atomic mass is 79.9. The first-order chi connectivity index (χ1) is 13.1. The van der Waals surface area contributed by atoms with E-state index in [0.29, 0.717) is 15.6 Å². The predicted molar refractivity (Wildman–Crippen MR) is 102 cm³/mol. The van der Waals surface area contributed by atoms with E-state index in [9.17, 15) is 14.0 Å². The molecule has 1 aliphatic rings. The third-order valence-corrected chi connectivity index (χ3v) is 4.85. The van der Waals surface area contributed by atoms with E-state index in [1.807, 2.05) is 30.3 Å². The molecule has 0 saturated heterocycles. The number of amides is 2. The molecule has 0 aliphatic carbocycles. The topological polar surface area (TPSA) is 46.6 Å². The Balaban J connectivity index is 1.63. The van der Waals surface area contributed by atoms with Crippen LogP contribution in [0.25, 0.3) is 0 Å². The van der Waals surface area contributed by atoms with Crippen molar-refractivity contribution in [3.63, 3.8) is 0 Å². The van der Waals surface area contributed by atoms with Gasteiger partial charge in [0.05, 0.1) is 21.3 Å². The highest BCUT2D eigenvalue weighted by molar-refractivity contribution is 9.10. The lowest BCUT2D eigenvalue weighted by atomic mass is 10.1. The van der Waals surface area contributed by atoms with Gasteiger partial charge in [0, 0.05) is 6.07 Å². The number of halogens is 2. The van der Waals surface area contributed by atoms with Gasteiger partial charge in [0.25, 0.3) is 11.8 Å². The second kappa shape index (κ2) is 6.96. The maximum Gasteiger partial charge on any atom is 0.266 e. The fourth-order valence-electron chi connectivity index (χ4n) is 2.97. The maximum atomic E-state index is 14.6. The number of ether oxygens (including phenoxy) is 1. The second-order valence-electron chi connectivity index (χ2n) is 6.00. The van der Waals surface area contributed by atoms with Gasteiger partial charge in [0.2, 0.25) is 0 Å². The summed E-state index contributed by atoms with van der Waals surface area (Å²) in [5, 5.41) is 0. The first-order valence-electron chi connectivity index (χ1n) is 8.20. The van der Waals surface area contributed by atoms with Crippen molar-refractivity contribution in [1.29, 1.82) is 0 Å². The van der Waals surface area contributed by atoms with Crippen molar-refractivity contribution in [2.45, 2.75) is 6.61 Å². The van der Waals surface area contributed by atoms with Crippen LogP contribution < -0.4 is 9.64 Å². The molecule has 3 aromatic rings. The number of hydrogen-bond acceptors (Lipinski definition) is 3. The summed E-state index contributed by atoms with van der Waals surface area (Å²) in [6.45, 7) is 0.197. The molecule has 0 saturated carbocycles. The number of rotatable bonds is 4. The molecule has 4 nitrogen and oxygen atoms in total. The van der Waals surface area contributed by atoms with E-state index in [0.717, 1.165) is 16.5 Å². The quantitative estimate of drug-likeness (QED) is 0.554. The normalized spacial score (nSPS) is 13.0. The Bertz CT molecular complexity index is 994. The number of carbonyl (C=O) groups excluding carboxylic acids is 2. The SMILES string of the molecule is O=C1c2ccccc2C(=O)N1c1cc(F)c(OCc2ccccc2)c(Br)c1. The Morgan fingerprint density at radius 3 is 2.07 bits per heavy atom. The molecule has 0 N–H and O–H groups in total. The summed E-state index contributed by atoms with van der Waals surface area (Å²) in [6, 6.07) is 18.5. The molecule has 0 fully saturated rings. The third-order valence-electron chi connectivity index (χ3n) is 4.26. The van der Waals surface area contributed by atoms with Crippen molar-refractivity contribution in [2.75, 3.05) is 4.90 Å². The van der Waals surface area contributed by atoms with E-state index >= 15 is 0 Å². The van der Waals surface area contributed by atoms with Gasteiger partial charge in [-0.1, -0.05) is 42.5 Å². The molecule has 0 unspecified atom stereocenters. The standard InChI is InChI=1S/C21H13BrFNO3/c22-17-10-14(24-20(25)15-8-4-5-9-16(15)21(24)26)11-18(23)19(17)27-12-13-6-2-1-3-7-13/h1-11H,12H2. The molecule has 1 aliphatic heterocycles. The molecule has 0 aromatic heterocycles. The van der Waals surface area contributed by atoms with E-state index < -0.39 is 17.6 Å². The highest BCUT2D eigenvalue weighted by Gasteiger charge is 2.37. The number of carbonyl (C=O) groups is 2. The van der Waals surface area contributed by atoms with Crippen molar-refractivity contribution in [1.82, 2.24) is 0 Å². The third kappa shape index (κ3) is 3.13. The van der Waals surface area contributed by atoms with Crippen LogP contribution in [0.1, 0.15) is 26.3 Å². The van der Waals surface area contributed by atoms with E-state index in [2.05, 4.69) is 15.9 Å². The Hall–Kier alpha value is -2.99. The van der Waals surface area contributed by atoms with E-state index in [4.69, 9.17) is 4.74 Å². The highest BCUT2D eigenvalue weighted by Crippen LogP contribution is 2.36. The summed E-state index contributed by atoms with van der Waals surface area (Å²) in [4.78, 5) is 26.1. The summed E-state index contributed by atoms with van der Waals surface area (Å²) in [6.07, 6.45) is 0. The lowest BCUT2D eigenvalue weighted by Crippen LogP contribution is -2.29. The van der Waals surface area contributed by atoms with E-state index in [1.165, 1.54) is 6.07 Å². The molecule has 3 aromatic carbocycles. The number of benzene rings is 3. The fourth-order valence-corrected chi connectivity index (χ4v) is 3.51. The van der Waals surface area contributed by atoms with Gasteiger partial charge in [-0.3, -0.25) is 9.59 Å². The van der Waals surface area contributed by atoms with Gasteiger partial charge in [-0.15, -0.1) is 0 Å². The molecule has 4 rings (SSSR count). The summed E-state index contributed by atoms with van der Waals surface area (Å²) in [5.74, 6) is -1.58. The Kier molecular flexibility index (Phi) is 4.49. The largest absolute Gasteiger partial charge is 0.485 e. The number of anilines is 1. The molecule has 1 heterocycles. The summed E-state index contributed by atoms with van der Waals surface area (Å²) < 4.78 is 20.5. The number of fused-ring (bicyclic) bond motifs is 1. The molecule has 0 radical (unpaired) electrons. The monoisotopic (exact) mass is 425 g/mol. The van der Waals surface area contributed by atoms with E-state index in [1.54, 1.807) is 24.3 Å². The smallest absolute Gasteiger partial charge is 0.266 e. The molecule has 2 amide bonds. The average molecular weight is 426 g/mol. The van der Waals surface area contributed by atoms with Gasteiger partial charge in [0.1, 0.15) is 6.61 Å². The molecular formula is C21H13BrFNO3. The van der Waals surface area contributed by atoms with Crippen molar-refractivity contribution < 1.29 is 18.7 Å². The van der Waals surface area contributed by atoms with Gasteiger partial charge in [-0.05, 0) is 39.7 Å². The Morgan fingerprint density at radius 1 is 0.889 bits per heavy atom. The predicted octanol–water partition coefficient (Wildman–Crippen LogP) is 4.97. The van der Waals surface area contributed by atoms with E-state index in [-0.39, 0.29) is 18.0 Å². The number of hydrogen-bond donors (Lipinski definition) is 0. The molecule has 0 spiro atoms. The molecule has 134 valence electrons. The van der Waals surface area contributed by atoms with Crippen LogP contribution in [0.15, 0.2) is 71.2 Å². The summed E-state index contributed by atoms with van der Waals surface area (Å²) >= 11 is 3.28. The molecular weight excluding hydrogens is 413 g/mol. The van der Waals surface area contributed by atoms with Gasteiger partial charge >= 0.3 is 0 Å². The lowest BCUT2D eigenvalue weighted by molar-refractivity contribution is 0.0926.